The van der Waals surface area contributed by atoms with Crippen molar-refractivity contribution in [3.8, 4) is 11.1 Å². The van der Waals surface area contributed by atoms with E-state index in [1.807, 2.05) is 43.3 Å². The van der Waals surface area contributed by atoms with Crippen LogP contribution in [0.1, 0.15) is 56.6 Å². The Morgan fingerprint density at radius 1 is 1.00 bits per heavy atom. The van der Waals surface area contributed by atoms with Gasteiger partial charge in [-0.15, -0.1) is 0 Å². The van der Waals surface area contributed by atoms with E-state index < -0.39 is 30.1 Å². The van der Waals surface area contributed by atoms with Crippen LogP contribution in [0.4, 0.5) is 4.79 Å². The molecule has 0 spiro atoms. The summed E-state index contributed by atoms with van der Waals surface area (Å²) in [6.07, 6.45) is 2.55. The first kappa shape index (κ1) is 23.8. The fraction of sp³-hybridized carbons (Fsp3) is 0.444. The summed E-state index contributed by atoms with van der Waals surface area (Å²) in [5.74, 6) is -1.86. The largest absolute Gasteiger partial charge is 0.480 e. The van der Waals surface area contributed by atoms with Gasteiger partial charge in [-0.1, -0.05) is 75.2 Å². The van der Waals surface area contributed by atoms with Crippen molar-refractivity contribution in [2.45, 2.75) is 57.5 Å². The molecule has 0 bridgehead atoms. The topological polar surface area (TPSA) is 105 Å². The van der Waals surface area contributed by atoms with Crippen molar-refractivity contribution >= 4 is 18.0 Å². The van der Waals surface area contributed by atoms with E-state index >= 15 is 0 Å². The van der Waals surface area contributed by atoms with Crippen LogP contribution in [0.25, 0.3) is 11.1 Å². The molecule has 0 aromatic heterocycles. The van der Waals surface area contributed by atoms with E-state index in [0.717, 1.165) is 41.5 Å². The summed E-state index contributed by atoms with van der Waals surface area (Å²) < 4.78 is 5.61. The monoisotopic (exact) mass is 464 g/mol. The number of benzene rings is 2. The van der Waals surface area contributed by atoms with Crippen LogP contribution in [0.2, 0.25) is 0 Å². The lowest BCUT2D eigenvalue weighted by molar-refractivity contribution is -0.144. The molecule has 180 valence electrons. The summed E-state index contributed by atoms with van der Waals surface area (Å²) in [7, 11) is 0. The van der Waals surface area contributed by atoms with Crippen LogP contribution >= 0.6 is 0 Å². The Kier molecular flexibility index (Phi) is 7.20. The second kappa shape index (κ2) is 10.3. The van der Waals surface area contributed by atoms with Gasteiger partial charge in [-0.3, -0.25) is 4.79 Å². The zero-order valence-electron chi connectivity index (χ0n) is 19.6. The third-order valence-electron chi connectivity index (χ3n) is 7.30. The van der Waals surface area contributed by atoms with Crippen molar-refractivity contribution in [3.63, 3.8) is 0 Å². The second-order valence-corrected chi connectivity index (χ2v) is 9.35. The van der Waals surface area contributed by atoms with Crippen LogP contribution in [-0.4, -0.2) is 41.8 Å². The quantitative estimate of drug-likeness (QED) is 0.513. The molecule has 0 saturated heterocycles. The number of rotatable bonds is 9. The molecule has 2 amide bonds. The molecule has 2 aliphatic rings. The first-order valence-electron chi connectivity index (χ1n) is 12.0. The molecule has 34 heavy (non-hydrogen) atoms. The van der Waals surface area contributed by atoms with Gasteiger partial charge in [-0.05, 0) is 46.9 Å². The minimum absolute atomic E-state index is 0.0214. The number of fused-ring (bicyclic) bond motifs is 3. The summed E-state index contributed by atoms with van der Waals surface area (Å²) >= 11 is 0. The number of hydrogen-bond donors (Lipinski definition) is 3. The number of carbonyl (C=O) groups excluding carboxylic acids is 2. The van der Waals surface area contributed by atoms with Crippen LogP contribution in [0.15, 0.2) is 48.5 Å². The summed E-state index contributed by atoms with van der Waals surface area (Å²) in [5.41, 5.74) is 4.51. The predicted octanol–water partition coefficient (Wildman–Crippen LogP) is 4.31. The summed E-state index contributed by atoms with van der Waals surface area (Å²) in [6.45, 7) is 3.82. The number of ether oxygens (including phenoxy) is 1. The average molecular weight is 465 g/mol. The highest BCUT2D eigenvalue weighted by Gasteiger charge is 2.37. The van der Waals surface area contributed by atoms with E-state index in [1.54, 1.807) is 6.92 Å². The van der Waals surface area contributed by atoms with Crippen LogP contribution in [0, 0.1) is 11.8 Å². The zero-order chi connectivity index (χ0) is 24.2. The van der Waals surface area contributed by atoms with Gasteiger partial charge in [-0.25, -0.2) is 9.59 Å². The number of alkyl carbamates (subject to hydrolysis) is 1. The van der Waals surface area contributed by atoms with Crippen molar-refractivity contribution in [2.24, 2.45) is 11.8 Å². The number of amides is 2. The highest BCUT2D eigenvalue weighted by atomic mass is 16.5. The Balaban J connectivity index is 1.42. The number of carboxylic acid groups (broad SMARTS) is 1. The molecule has 7 nitrogen and oxygen atoms in total. The molecule has 4 rings (SSSR count). The number of carboxylic acids is 1. The van der Waals surface area contributed by atoms with Crippen LogP contribution in [0.5, 0.6) is 0 Å². The van der Waals surface area contributed by atoms with Crippen LogP contribution in [-0.2, 0) is 14.3 Å². The molecular weight excluding hydrogens is 432 g/mol. The molecule has 1 saturated carbocycles. The molecule has 2 aromatic rings. The van der Waals surface area contributed by atoms with Crippen LogP contribution < -0.4 is 10.6 Å². The summed E-state index contributed by atoms with van der Waals surface area (Å²) in [5, 5.41) is 14.9. The van der Waals surface area contributed by atoms with Gasteiger partial charge in [0.25, 0.3) is 0 Å². The molecule has 0 heterocycles. The van der Waals surface area contributed by atoms with Gasteiger partial charge in [0.2, 0.25) is 5.91 Å². The van der Waals surface area contributed by atoms with E-state index in [4.69, 9.17) is 4.74 Å². The minimum Gasteiger partial charge on any atom is -0.480 e. The smallest absolute Gasteiger partial charge is 0.407 e. The zero-order valence-corrected chi connectivity index (χ0v) is 19.6. The number of hydrogen-bond acceptors (Lipinski definition) is 4. The highest BCUT2D eigenvalue weighted by Crippen LogP contribution is 2.44. The molecule has 0 radical (unpaired) electrons. The Bertz CT molecular complexity index is 1020. The Morgan fingerprint density at radius 3 is 2.09 bits per heavy atom. The van der Waals surface area contributed by atoms with Gasteiger partial charge in [-0.2, -0.15) is 0 Å². The number of carbonyl (C=O) groups is 3. The average Bonchev–Trinajstić information content (AvgIpc) is 3.12. The standard InChI is InChI=1S/C27H32N2O5/c1-3-16(2)23(26(31)32)28-25(30)24(17-9-8-10-17)29-27(33)34-15-22-20-13-6-4-11-18(20)19-12-5-7-14-21(19)22/h4-7,11-14,16-17,22-24H,3,8-10,15H2,1-2H3,(H,28,30)(H,29,33)(H,31,32)/t16?,23-,24?/m0/s1. The maximum absolute atomic E-state index is 13.0. The first-order valence-corrected chi connectivity index (χ1v) is 12.0. The van der Waals surface area contributed by atoms with Crippen molar-refractivity contribution < 1.29 is 24.2 Å². The van der Waals surface area contributed by atoms with Gasteiger partial charge in [0.15, 0.2) is 0 Å². The normalized spacial score (nSPS) is 17.5. The maximum atomic E-state index is 13.0. The molecule has 3 atom stereocenters. The first-order chi connectivity index (χ1) is 16.4. The number of aliphatic carboxylic acids is 1. The van der Waals surface area contributed by atoms with Gasteiger partial charge in [0, 0.05) is 5.92 Å². The minimum atomic E-state index is -1.07. The third kappa shape index (κ3) is 4.79. The lowest BCUT2D eigenvalue weighted by Gasteiger charge is -2.34. The fourth-order valence-corrected chi connectivity index (χ4v) is 4.86. The molecule has 1 fully saturated rings. The Labute approximate surface area is 199 Å². The van der Waals surface area contributed by atoms with Crippen molar-refractivity contribution in [1.29, 1.82) is 0 Å². The summed E-state index contributed by atoms with van der Waals surface area (Å²) in [4.78, 5) is 37.4. The molecule has 2 aromatic carbocycles. The molecule has 3 N–H and O–H groups in total. The SMILES string of the molecule is CCC(C)[C@H](NC(=O)C(NC(=O)OCC1c2ccccc2-c2ccccc21)C1CCC1)C(=O)O. The lowest BCUT2D eigenvalue weighted by atomic mass is 9.79. The Morgan fingerprint density at radius 2 is 1.59 bits per heavy atom. The second-order valence-electron chi connectivity index (χ2n) is 9.35. The lowest BCUT2D eigenvalue weighted by Crippen LogP contribution is -2.57. The molecule has 0 aliphatic heterocycles. The van der Waals surface area contributed by atoms with E-state index in [1.165, 1.54) is 0 Å². The highest BCUT2D eigenvalue weighted by molar-refractivity contribution is 5.89. The van der Waals surface area contributed by atoms with Gasteiger partial charge in [0.05, 0.1) is 0 Å². The predicted molar refractivity (Wildman–Crippen MR) is 128 cm³/mol. The maximum Gasteiger partial charge on any atom is 0.407 e. The van der Waals surface area contributed by atoms with Crippen molar-refractivity contribution in [2.75, 3.05) is 6.61 Å². The van der Waals surface area contributed by atoms with E-state index in [9.17, 15) is 19.5 Å². The van der Waals surface area contributed by atoms with E-state index in [2.05, 4.69) is 22.8 Å². The number of nitrogens with one attached hydrogen (secondary N) is 2. The van der Waals surface area contributed by atoms with Gasteiger partial charge >= 0.3 is 12.1 Å². The van der Waals surface area contributed by atoms with Crippen LogP contribution in [0.3, 0.4) is 0 Å². The molecule has 7 heteroatoms. The third-order valence-corrected chi connectivity index (χ3v) is 7.30. The van der Waals surface area contributed by atoms with Gasteiger partial charge < -0.3 is 20.5 Å². The summed E-state index contributed by atoms with van der Waals surface area (Å²) in [6, 6.07) is 14.4. The molecular formula is C27H32N2O5. The van der Waals surface area contributed by atoms with Crippen molar-refractivity contribution in [3.05, 3.63) is 59.7 Å². The molecule has 2 unspecified atom stereocenters. The van der Waals surface area contributed by atoms with E-state index in [-0.39, 0.29) is 24.4 Å². The fourth-order valence-electron chi connectivity index (χ4n) is 4.86. The molecule has 2 aliphatic carbocycles. The van der Waals surface area contributed by atoms with Gasteiger partial charge in [0.1, 0.15) is 18.7 Å². The van der Waals surface area contributed by atoms with E-state index in [0.29, 0.717) is 6.42 Å². The Hall–Kier alpha value is -3.35. The van der Waals surface area contributed by atoms with Crippen molar-refractivity contribution in [1.82, 2.24) is 10.6 Å².